The van der Waals surface area contributed by atoms with E-state index in [1.165, 1.54) is 24.2 Å². The minimum Gasteiger partial charge on any atom is -0.444 e. The summed E-state index contributed by atoms with van der Waals surface area (Å²) in [6, 6.07) is 0. The number of anilines is 1. The number of unbranched alkanes of at least 4 members (excludes halogenated alkanes) is 2. The maximum absolute atomic E-state index is 11.6. The standard InChI is InChI=1S/C14H22N2O2S/c1-5-6-7-8-9-11-10-19-12(15-11)16-13(17)18-14(2,3)4/h8-10H,5-7H2,1-4H3,(H,15,16,17)/b9-8-. The fourth-order valence-corrected chi connectivity index (χ4v) is 2.00. The zero-order valence-electron chi connectivity index (χ0n) is 12.0. The number of ether oxygens (including phenoxy) is 1. The SMILES string of the molecule is CCCC/C=C\c1csc(NC(=O)OC(C)(C)C)n1. The summed E-state index contributed by atoms with van der Waals surface area (Å²) < 4.78 is 5.16. The van der Waals surface area contributed by atoms with Crippen molar-refractivity contribution >= 4 is 28.6 Å². The minimum atomic E-state index is -0.496. The topological polar surface area (TPSA) is 51.2 Å². The molecule has 5 heteroatoms. The normalized spacial score (nSPS) is 11.8. The molecule has 1 heterocycles. The second kappa shape index (κ2) is 7.28. The lowest BCUT2D eigenvalue weighted by Gasteiger charge is -2.18. The number of hydrogen-bond donors (Lipinski definition) is 1. The summed E-state index contributed by atoms with van der Waals surface area (Å²) in [5, 5.41) is 5.10. The molecule has 106 valence electrons. The Kier molecular flexibility index (Phi) is 6.02. The summed E-state index contributed by atoms with van der Waals surface area (Å²) in [7, 11) is 0. The van der Waals surface area contributed by atoms with Crippen molar-refractivity contribution in [3.8, 4) is 0 Å². The number of nitrogens with zero attached hydrogens (tertiary/aromatic N) is 1. The Hall–Kier alpha value is -1.36. The quantitative estimate of drug-likeness (QED) is 0.797. The van der Waals surface area contributed by atoms with Gasteiger partial charge in [0.2, 0.25) is 0 Å². The lowest BCUT2D eigenvalue weighted by atomic mass is 10.2. The molecule has 0 aliphatic rings. The van der Waals surface area contributed by atoms with Crippen molar-refractivity contribution in [2.24, 2.45) is 0 Å². The second-order valence-corrected chi connectivity index (χ2v) is 6.11. The average Bonchev–Trinajstić information content (AvgIpc) is 2.69. The van der Waals surface area contributed by atoms with E-state index in [0.29, 0.717) is 5.13 Å². The van der Waals surface area contributed by atoms with Crippen LogP contribution in [0.4, 0.5) is 9.93 Å². The highest BCUT2D eigenvalue weighted by Crippen LogP contribution is 2.18. The predicted octanol–water partition coefficient (Wildman–Crippen LogP) is 4.69. The first-order valence-corrected chi connectivity index (χ1v) is 7.41. The molecule has 1 aromatic rings. The maximum atomic E-state index is 11.6. The largest absolute Gasteiger partial charge is 0.444 e. The van der Waals surface area contributed by atoms with Gasteiger partial charge in [-0.1, -0.05) is 25.8 Å². The molecule has 1 rings (SSSR count). The summed E-state index contributed by atoms with van der Waals surface area (Å²) in [6.07, 6.45) is 7.05. The zero-order valence-corrected chi connectivity index (χ0v) is 12.8. The summed E-state index contributed by atoms with van der Waals surface area (Å²) in [5.74, 6) is 0. The Morgan fingerprint density at radius 2 is 2.26 bits per heavy atom. The molecule has 0 radical (unpaired) electrons. The highest BCUT2D eigenvalue weighted by molar-refractivity contribution is 7.14. The van der Waals surface area contributed by atoms with E-state index in [-0.39, 0.29) is 0 Å². The first kappa shape index (κ1) is 15.7. The van der Waals surface area contributed by atoms with Gasteiger partial charge in [-0.2, -0.15) is 0 Å². The van der Waals surface area contributed by atoms with Crippen molar-refractivity contribution < 1.29 is 9.53 Å². The summed E-state index contributed by atoms with van der Waals surface area (Å²) >= 11 is 1.39. The van der Waals surface area contributed by atoms with Crippen molar-refractivity contribution in [1.29, 1.82) is 0 Å². The van der Waals surface area contributed by atoms with E-state index in [4.69, 9.17) is 4.74 Å². The summed E-state index contributed by atoms with van der Waals surface area (Å²) in [5.41, 5.74) is 0.372. The molecule has 0 aliphatic heterocycles. The summed E-state index contributed by atoms with van der Waals surface area (Å²) in [4.78, 5) is 15.8. The molecular formula is C14H22N2O2S. The number of nitrogens with one attached hydrogen (secondary N) is 1. The average molecular weight is 282 g/mol. The van der Waals surface area contributed by atoms with Crippen LogP contribution in [0, 0.1) is 0 Å². The molecule has 1 N–H and O–H groups in total. The van der Waals surface area contributed by atoms with Gasteiger partial charge in [-0.25, -0.2) is 9.78 Å². The molecule has 4 nitrogen and oxygen atoms in total. The minimum absolute atomic E-state index is 0.469. The van der Waals surface area contributed by atoms with Gasteiger partial charge in [0.25, 0.3) is 0 Å². The summed E-state index contributed by atoms with van der Waals surface area (Å²) in [6.45, 7) is 7.66. The van der Waals surface area contributed by atoms with Crippen molar-refractivity contribution in [3.05, 3.63) is 17.2 Å². The van der Waals surface area contributed by atoms with Crippen LogP contribution >= 0.6 is 11.3 Å². The number of carbonyl (C=O) groups is 1. The van der Waals surface area contributed by atoms with Gasteiger partial charge in [0.15, 0.2) is 5.13 Å². The number of carbonyl (C=O) groups excluding carboxylic acids is 1. The fraction of sp³-hybridized carbons (Fsp3) is 0.571. The predicted molar refractivity (Wildman–Crippen MR) is 80.5 cm³/mol. The Morgan fingerprint density at radius 1 is 1.53 bits per heavy atom. The van der Waals surface area contributed by atoms with Crippen molar-refractivity contribution in [2.45, 2.75) is 52.6 Å². The Morgan fingerprint density at radius 3 is 2.89 bits per heavy atom. The van der Waals surface area contributed by atoms with E-state index in [2.05, 4.69) is 23.3 Å². The van der Waals surface area contributed by atoms with E-state index in [0.717, 1.165) is 12.1 Å². The van der Waals surface area contributed by atoms with Crippen molar-refractivity contribution in [3.63, 3.8) is 0 Å². The van der Waals surface area contributed by atoms with Gasteiger partial charge in [-0.05, 0) is 33.3 Å². The number of rotatable bonds is 5. The molecule has 0 unspecified atom stereocenters. The van der Waals surface area contributed by atoms with Crippen LogP contribution in [0.2, 0.25) is 0 Å². The first-order valence-electron chi connectivity index (χ1n) is 6.53. The van der Waals surface area contributed by atoms with Crippen molar-refractivity contribution in [2.75, 3.05) is 5.32 Å². The molecule has 0 aliphatic carbocycles. The molecule has 0 fully saturated rings. The smallest absolute Gasteiger partial charge is 0.413 e. The van der Waals surface area contributed by atoms with Crippen LogP contribution in [-0.2, 0) is 4.74 Å². The van der Waals surface area contributed by atoms with Crippen LogP contribution in [0.3, 0.4) is 0 Å². The van der Waals surface area contributed by atoms with Crippen molar-refractivity contribution in [1.82, 2.24) is 4.98 Å². The number of aromatic nitrogens is 1. The molecule has 0 spiro atoms. The Bertz CT molecular complexity index is 433. The van der Waals surface area contributed by atoms with Crippen LogP contribution in [0.5, 0.6) is 0 Å². The highest BCUT2D eigenvalue weighted by Gasteiger charge is 2.16. The van der Waals surface area contributed by atoms with Crippen LogP contribution in [-0.4, -0.2) is 16.7 Å². The third kappa shape index (κ3) is 6.96. The van der Waals surface area contributed by atoms with Gasteiger partial charge < -0.3 is 4.74 Å². The highest BCUT2D eigenvalue weighted by atomic mass is 32.1. The molecule has 1 amide bonds. The Labute approximate surface area is 118 Å². The van der Waals surface area contributed by atoms with Gasteiger partial charge >= 0.3 is 6.09 Å². The van der Waals surface area contributed by atoms with Crippen LogP contribution in [0.1, 0.15) is 52.7 Å². The lowest BCUT2D eigenvalue weighted by molar-refractivity contribution is 0.0636. The number of allylic oxidation sites excluding steroid dienone is 1. The maximum Gasteiger partial charge on any atom is 0.413 e. The van der Waals surface area contributed by atoms with E-state index in [1.807, 2.05) is 32.2 Å². The van der Waals surface area contributed by atoms with Gasteiger partial charge in [0, 0.05) is 5.38 Å². The van der Waals surface area contributed by atoms with E-state index in [1.54, 1.807) is 0 Å². The molecule has 0 aromatic carbocycles. The number of thiazole rings is 1. The third-order valence-corrected chi connectivity index (χ3v) is 2.92. The van der Waals surface area contributed by atoms with Gasteiger partial charge in [0.1, 0.15) is 5.60 Å². The molecule has 0 saturated heterocycles. The molecule has 0 saturated carbocycles. The Balaban J connectivity index is 2.46. The number of hydrogen-bond acceptors (Lipinski definition) is 4. The third-order valence-electron chi connectivity index (χ3n) is 2.14. The molecule has 0 atom stereocenters. The number of amides is 1. The molecule has 0 bridgehead atoms. The first-order chi connectivity index (χ1) is 8.90. The van der Waals surface area contributed by atoms with Gasteiger partial charge in [-0.3, -0.25) is 5.32 Å². The van der Waals surface area contributed by atoms with Crippen LogP contribution < -0.4 is 5.32 Å². The van der Waals surface area contributed by atoms with Crippen LogP contribution in [0.25, 0.3) is 6.08 Å². The van der Waals surface area contributed by atoms with Crippen LogP contribution in [0.15, 0.2) is 11.5 Å². The molecule has 1 aromatic heterocycles. The van der Waals surface area contributed by atoms with E-state index < -0.39 is 11.7 Å². The fourth-order valence-electron chi connectivity index (χ4n) is 1.34. The lowest BCUT2D eigenvalue weighted by Crippen LogP contribution is -2.27. The molecular weight excluding hydrogens is 260 g/mol. The van der Waals surface area contributed by atoms with E-state index in [9.17, 15) is 4.79 Å². The van der Waals surface area contributed by atoms with E-state index >= 15 is 0 Å². The van der Waals surface area contributed by atoms with Gasteiger partial charge in [0.05, 0.1) is 5.69 Å². The molecule has 19 heavy (non-hydrogen) atoms. The van der Waals surface area contributed by atoms with Gasteiger partial charge in [-0.15, -0.1) is 11.3 Å². The second-order valence-electron chi connectivity index (χ2n) is 5.25. The monoisotopic (exact) mass is 282 g/mol. The zero-order chi connectivity index (χ0) is 14.3.